The summed E-state index contributed by atoms with van der Waals surface area (Å²) in [5, 5.41) is 2.21. The highest BCUT2D eigenvalue weighted by Gasteiger charge is 2.42. The molecule has 0 aliphatic rings. The summed E-state index contributed by atoms with van der Waals surface area (Å²) in [7, 11) is 0. The van der Waals surface area contributed by atoms with E-state index in [1.165, 1.54) is 0 Å². The van der Waals surface area contributed by atoms with Gasteiger partial charge in [-0.05, 0) is 52.3 Å². The minimum atomic E-state index is -0.856. The van der Waals surface area contributed by atoms with Crippen molar-refractivity contribution in [1.82, 2.24) is 5.32 Å². The second-order valence-electron chi connectivity index (χ2n) is 7.88. The van der Waals surface area contributed by atoms with Crippen LogP contribution in [0.1, 0.15) is 66.7 Å². The third-order valence-electron chi connectivity index (χ3n) is 4.59. The molecule has 0 aliphatic carbocycles. The SMILES string of the molecule is CCCCOC(=O)C(C)(CC)CC(C)(C)C(=O)OCCOCCC(=O)NC(N)=S. The van der Waals surface area contributed by atoms with Crippen molar-refractivity contribution in [3.63, 3.8) is 0 Å². The van der Waals surface area contributed by atoms with E-state index in [0.717, 1.165) is 12.8 Å². The maximum Gasteiger partial charge on any atom is 0.311 e. The molecule has 0 aromatic rings. The fourth-order valence-corrected chi connectivity index (χ4v) is 2.84. The number of esters is 2. The van der Waals surface area contributed by atoms with Crippen LogP contribution in [0.25, 0.3) is 0 Å². The van der Waals surface area contributed by atoms with E-state index in [0.29, 0.717) is 19.4 Å². The number of unbranched alkanes of at least 4 members (excludes halogenated alkanes) is 1. The third kappa shape index (κ3) is 11.1. The lowest BCUT2D eigenvalue weighted by molar-refractivity contribution is -0.164. The lowest BCUT2D eigenvalue weighted by Crippen LogP contribution is -2.39. The molecule has 1 amide bonds. The van der Waals surface area contributed by atoms with Crippen LogP contribution in [0.15, 0.2) is 0 Å². The Kier molecular flexibility index (Phi) is 12.7. The number of amides is 1. The van der Waals surface area contributed by atoms with Gasteiger partial charge in [-0.1, -0.05) is 20.3 Å². The number of carbonyl (C=O) groups is 3. The maximum atomic E-state index is 12.5. The first-order valence-corrected chi connectivity index (χ1v) is 10.4. The van der Waals surface area contributed by atoms with Crippen molar-refractivity contribution in [2.45, 2.75) is 66.7 Å². The van der Waals surface area contributed by atoms with Crippen LogP contribution in [-0.4, -0.2) is 49.4 Å². The van der Waals surface area contributed by atoms with E-state index < -0.39 is 16.8 Å². The summed E-state index contributed by atoms with van der Waals surface area (Å²) in [6.07, 6.45) is 2.75. The van der Waals surface area contributed by atoms with Crippen LogP contribution in [0.3, 0.4) is 0 Å². The van der Waals surface area contributed by atoms with E-state index in [4.69, 9.17) is 19.9 Å². The summed E-state index contributed by atoms with van der Waals surface area (Å²) >= 11 is 4.56. The van der Waals surface area contributed by atoms with Gasteiger partial charge in [0.05, 0.1) is 37.1 Å². The molecule has 0 aromatic carbocycles. The van der Waals surface area contributed by atoms with Gasteiger partial charge < -0.3 is 25.3 Å². The van der Waals surface area contributed by atoms with E-state index >= 15 is 0 Å². The first-order valence-electron chi connectivity index (χ1n) is 10.00. The second-order valence-corrected chi connectivity index (χ2v) is 8.31. The molecule has 1 atom stereocenters. The molecule has 3 N–H and O–H groups in total. The van der Waals surface area contributed by atoms with Gasteiger partial charge in [-0.3, -0.25) is 14.4 Å². The molecule has 0 spiro atoms. The highest BCUT2D eigenvalue weighted by atomic mass is 32.1. The van der Waals surface area contributed by atoms with Crippen molar-refractivity contribution in [2.24, 2.45) is 16.6 Å². The highest BCUT2D eigenvalue weighted by molar-refractivity contribution is 7.80. The van der Waals surface area contributed by atoms with Crippen molar-refractivity contribution >= 4 is 35.2 Å². The van der Waals surface area contributed by atoms with E-state index in [1.807, 2.05) is 20.8 Å². The molecule has 1 unspecified atom stereocenters. The largest absolute Gasteiger partial charge is 0.465 e. The number of rotatable bonds is 14. The fraction of sp³-hybridized carbons (Fsp3) is 0.800. The summed E-state index contributed by atoms with van der Waals surface area (Å²) in [6.45, 7) is 10.0. The van der Waals surface area contributed by atoms with Crippen LogP contribution in [0.4, 0.5) is 0 Å². The molecule has 0 aromatic heterocycles. The number of nitrogens with two attached hydrogens (primary N) is 1. The molecule has 168 valence electrons. The van der Waals surface area contributed by atoms with Crippen molar-refractivity contribution < 1.29 is 28.6 Å². The van der Waals surface area contributed by atoms with Crippen molar-refractivity contribution in [2.75, 3.05) is 26.4 Å². The average Bonchev–Trinajstić information content (AvgIpc) is 2.63. The average molecular weight is 433 g/mol. The Morgan fingerprint density at radius 2 is 1.59 bits per heavy atom. The first-order chi connectivity index (χ1) is 13.5. The Labute approximate surface area is 179 Å². The van der Waals surface area contributed by atoms with Crippen LogP contribution >= 0.6 is 12.2 Å². The summed E-state index contributed by atoms with van der Waals surface area (Å²) in [5.41, 5.74) is 3.58. The van der Waals surface area contributed by atoms with Crippen LogP contribution in [0.2, 0.25) is 0 Å². The Morgan fingerprint density at radius 3 is 2.14 bits per heavy atom. The lowest BCUT2D eigenvalue weighted by Gasteiger charge is -2.33. The zero-order valence-corrected chi connectivity index (χ0v) is 19.1. The Balaban J connectivity index is 4.39. The van der Waals surface area contributed by atoms with E-state index in [9.17, 15) is 14.4 Å². The Hall–Kier alpha value is -1.74. The molecule has 0 saturated heterocycles. The zero-order chi connectivity index (χ0) is 22.5. The number of thiocarbonyl (C=S) groups is 1. The van der Waals surface area contributed by atoms with Crippen LogP contribution < -0.4 is 11.1 Å². The molecule has 0 heterocycles. The standard InChI is InChI=1S/C20H36N2O6S/c1-6-8-10-27-17(25)20(5,7-2)14-19(3,4)16(24)28-13-12-26-11-9-15(23)22-18(21)29/h6-14H2,1-5H3,(H3,21,22,23,29). The Bertz CT molecular complexity index is 567. The number of hydrogen-bond acceptors (Lipinski definition) is 7. The maximum absolute atomic E-state index is 12.5. The van der Waals surface area contributed by atoms with Crippen molar-refractivity contribution in [1.29, 1.82) is 0 Å². The minimum absolute atomic E-state index is 0.0585. The molecule has 0 radical (unpaired) electrons. The molecule has 0 bridgehead atoms. The van der Waals surface area contributed by atoms with Crippen LogP contribution in [-0.2, 0) is 28.6 Å². The predicted octanol–water partition coefficient (Wildman–Crippen LogP) is 2.47. The molecule has 9 heteroatoms. The smallest absolute Gasteiger partial charge is 0.311 e. The number of nitrogens with one attached hydrogen (secondary N) is 1. The van der Waals surface area contributed by atoms with Gasteiger partial charge in [0.1, 0.15) is 6.61 Å². The molecular weight excluding hydrogens is 396 g/mol. The second kappa shape index (κ2) is 13.5. The van der Waals surface area contributed by atoms with Crippen molar-refractivity contribution in [3.05, 3.63) is 0 Å². The van der Waals surface area contributed by atoms with Crippen molar-refractivity contribution in [3.8, 4) is 0 Å². The highest BCUT2D eigenvalue weighted by Crippen LogP contribution is 2.38. The summed E-state index contributed by atoms with van der Waals surface area (Å²) < 4.78 is 15.9. The van der Waals surface area contributed by atoms with Gasteiger partial charge in [0, 0.05) is 0 Å². The first kappa shape index (κ1) is 27.3. The van der Waals surface area contributed by atoms with Gasteiger partial charge >= 0.3 is 11.9 Å². The van der Waals surface area contributed by atoms with E-state index in [1.54, 1.807) is 13.8 Å². The predicted molar refractivity (Wildman–Crippen MR) is 114 cm³/mol. The normalized spacial score (nSPS) is 13.3. The molecule has 0 saturated carbocycles. The zero-order valence-electron chi connectivity index (χ0n) is 18.3. The Morgan fingerprint density at radius 1 is 0.966 bits per heavy atom. The van der Waals surface area contributed by atoms with Gasteiger partial charge in [-0.25, -0.2) is 0 Å². The number of hydrogen-bond donors (Lipinski definition) is 2. The summed E-state index contributed by atoms with van der Waals surface area (Å²) in [6, 6.07) is 0. The monoisotopic (exact) mass is 432 g/mol. The number of carbonyl (C=O) groups excluding carboxylic acids is 3. The summed E-state index contributed by atoms with van der Waals surface area (Å²) in [5.74, 6) is -1.03. The van der Waals surface area contributed by atoms with Gasteiger partial charge in [-0.15, -0.1) is 0 Å². The van der Waals surface area contributed by atoms with Crippen LogP contribution in [0.5, 0.6) is 0 Å². The number of ether oxygens (including phenoxy) is 3. The van der Waals surface area contributed by atoms with Gasteiger partial charge in [0.2, 0.25) is 5.91 Å². The fourth-order valence-electron chi connectivity index (χ4n) is 2.73. The molecule has 0 rings (SSSR count). The van der Waals surface area contributed by atoms with E-state index in [-0.39, 0.29) is 43.2 Å². The topological polar surface area (TPSA) is 117 Å². The molecule has 8 nitrogen and oxygen atoms in total. The molecule has 0 aliphatic heterocycles. The molecular formula is C20H36N2O6S. The van der Waals surface area contributed by atoms with E-state index in [2.05, 4.69) is 17.5 Å². The third-order valence-corrected chi connectivity index (χ3v) is 4.69. The van der Waals surface area contributed by atoms with Gasteiger partial charge in [0.25, 0.3) is 0 Å². The summed E-state index contributed by atoms with van der Waals surface area (Å²) in [4.78, 5) is 36.3. The van der Waals surface area contributed by atoms with Gasteiger partial charge in [0.15, 0.2) is 5.11 Å². The lowest BCUT2D eigenvalue weighted by atomic mass is 9.72. The van der Waals surface area contributed by atoms with Crippen LogP contribution in [0, 0.1) is 10.8 Å². The van der Waals surface area contributed by atoms with Gasteiger partial charge in [-0.2, -0.15) is 0 Å². The molecule has 0 fully saturated rings. The molecule has 29 heavy (non-hydrogen) atoms. The minimum Gasteiger partial charge on any atom is -0.465 e. The quantitative estimate of drug-likeness (QED) is 0.244.